The van der Waals surface area contributed by atoms with E-state index in [1.54, 1.807) is 48.5 Å². The Kier molecular flexibility index (Phi) is 8.53. The Hall–Kier alpha value is -3.33. The normalized spacial score (nSPS) is 14.3. The van der Waals surface area contributed by atoms with Gasteiger partial charge in [0, 0.05) is 10.7 Å². The van der Waals surface area contributed by atoms with Crippen LogP contribution in [-0.4, -0.2) is 29.3 Å². The number of hydrogen-bond acceptors (Lipinski definition) is 6. The molecule has 0 unspecified atom stereocenters. The highest BCUT2D eigenvalue weighted by atomic mass is 35.5. The number of ether oxygens (including phenoxy) is 2. The van der Waals surface area contributed by atoms with Gasteiger partial charge in [-0.3, -0.25) is 14.5 Å². The second-order valence-electron chi connectivity index (χ2n) is 8.24. The van der Waals surface area contributed by atoms with Crippen molar-refractivity contribution in [3.63, 3.8) is 0 Å². The topological polar surface area (TPSA) is 67.9 Å². The minimum absolute atomic E-state index is 0.174. The number of anilines is 2. The van der Waals surface area contributed by atoms with Crippen molar-refractivity contribution in [3.8, 4) is 11.5 Å². The largest absolute Gasteiger partial charge is 0.490 e. The van der Waals surface area contributed by atoms with Gasteiger partial charge in [0.25, 0.3) is 11.8 Å². The zero-order valence-corrected chi connectivity index (χ0v) is 22.9. The minimum atomic E-state index is -0.269. The average molecular weight is 553 g/mol. The van der Waals surface area contributed by atoms with Crippen LogP contribution >= 0.6 is 35.6 Å². The van der Waals surface area contributed by atoms with Gasteiger partial charge >= 0.3 is 0 Å². The number of nitrogens with one attached hydrogen (secondary N) is 1. The van der Waals surface area contributed by atoms with Gasteiger partial charge in [0.1, 0.15) is 0 Å². The van der Waals surface area contributed by atoms with Crippen molar-refractivity contribution in [3.05, 3.63) is 87.3 Å². The fourth-order valence-corrected chi connectivity index (χ4v) is 5.19. The second kappa shape index (κ2) is 11.8. The first-order valence-electron chi connectivity index (χ1n) is 11.6. The third-order valence-electron chi connectivity index (χ3n) is 5.55. The Bertz CT molecular complexity index is 1370. The number of amides is 2. The molecule has 4 rings (SSSR count). The van der Waals surface area contributed by atoms with E-state index in [9.17, 15) is 9.59 Å². The van der Waals surface area contributed by atoms with Crippen LogP contribution in [0.25, 0.3) is 6.08 Å². The zero-order chi connectivity index (χ0) is 26.5. The Morgan fingerprint density at radius 2 is 1.76 bits per heavy atom. The van der Waals surface area contributed by atoms with Crippen molar-refractivity contribution < 1.29 is 19.1 Å². The zero-order valence-electron chi connectivity index (χ0n) is 20.5. The molecule has 1 N–H and O–H groups in total. The number of nitrogens with zero attached hydrogens (tertiary/aromatic N) is 1. The van der Waals surface area contributed by atoms with Gasteiger partial charge in [0.05, 0.1) is 17.2 Å². The molecule has 190 valence electrons. The van der Waals surface area contributed by atoms with Crippen molar-refractivity contribution in [2.75, 3.05) is 23.4 Å². The van der Waals surface area contributed by atoms with E-state index >= 15 is 0 Å². The van der Waals surface area contributed by atoms with Crippen LogP contribution in [-0.2, 0) is 9.59 Å². The molecule has 3 aromatic rings. The molecule has 1 aliphatic rings. The number of thiocarbonyl (C=S) groups is 1. The first-order chi connectivity index (χ1) is 17.8. The van der Waals surface area contributed by atoms with Crippen LogP contribution in [0.1, 0.15) is 23.6 Å². The number of thioether (sulfide) groups is 1. The number of aryl methyl sites for hydroxylation is 2. The van der Waals surface area contributed by atoms with Crippen molar-refractivity contribution in [1.29, 1.82) is 0 Å². The van der Waals surface area contributed by atoms with E-state index in [0.29, 0.717) is 38.0 Å². The fourth-order valence-electron chi connectivity index (χ4n) is 3.76. The van der Waals surface area contributed by atoms with Gasteiger partial charge in [-0.15, -0.1) is 0 Å². The first kappa shape index (κ1) is 26.7. The number of halogens is 1. The molecule has 0 bridgehead atoms. The van der Waals surface area contributed by atoms with Gasteiger partial charge in [-0.25, -0.2) is 0 Å². The van der Waals surface area contributed by atoms with Crippen LogP contribution in [0.4, 0.5) is 11.4 Å². The summed E-state index contributed by atoms with van der Waals surface area (Å²) in [5.74, 6) is 0.433. The summed E-state index contributed by atoms with van der Waals surface area (Å²) >= 11 is 12.6. The highest BCUT2D eigenvalue weighted by Crippen LogP contribution is 2.37. The molecular weight excluding hydrogens is 528 g/mol. The third-order valence-corrected chi connectivity index (χ3v) is 7.10. The molecule has 0 saturated carbocycles. The van der Waals surface area contributed by atoms with Crippen LogP contribution < -0.4 is 19.7 Å². The van der Waals surface area contributed by atoms with Gasteiger partial charge in [0.2, 0.25) is 0 Å². The lowest BCUT2D eigenvalue weighted by atomic mass is 10.1. The fraction of sp³-hybridized carbons (Fsp3) is 0.179. The molecule has 1 saturated heterocycles. The van der Waals surface area contributed by atoms with E-state index in [1.807, 2.05) is 39.0 Å². The standard InChI is InChI=1S/C28H25ClN2O4S2/c1-4-34-23-14-19(15-24-27(33)31(28(36)37-24)21-11-9-20(29)10-12-21)8-13-22(23)35-16-25(32)30-26-17(2)6-5-7-18(26)3/h5-15H,4,16H2,1-3H3,(H,30,32)/b24-15-. The molecule has 2 amide bonds. The smallest absolute Gasteiger partial charge is 0.270 e. The summed E-state index contributed by atoms with van der Waals surface area (Å²) in [6, 6.07) is 18.1. The Morgan fingerprint density at radius 3 is 2.43 bits per heavy atom. The van der Waals surface area contributed by atoms with Gasteiger partial charge in [-0.05, 0) is 79.9 Å². The number of hydrogen-bond donors (Lipinski definition) is 1. The van der Waals surface area contributed by atoms with Crippen LogP contribution in [0.3, 0.4) is 0 Å². The predicted octanol–water partition coefficient (Wildman–Crippen LogP) is 6.78. The first-order valence-corrected chi connectivity index (χ1v) is 13.2. The molecule has 6 nitrogen and oxygen atoms in total. The number of carbonyl (C=O) groups is 2. The molecule has 0 aromatic heterocycles. The predicted molar refractivity (Wildman–Crippen MR) is 155 cm³/mol. The van der Waals surface area contributed by atoms with Crippen LogP contribution in [0.2, 0.25) is 5.02 Å². The van der Waals surface area contributed by atoms with Crippen molar-refractivity contribution in [1.82, 2.24) is 0 Å². The van der Waals surface area contributed by atoms with E-state index in [0.717, 1.165) is 22.4 Å². The van der Waals surface area contributed by atoms with E-state index in [1.165, 1.54) is 16.7 Å². The number of benzene rings is 3. The number of carbonyl (C=O) groups excluding carboxylic acids is 2. The molecule has 0 aliphatic carbocycles. The van der Waals surface area contributed by atoms with Crippen molar-refractivity contribution in [2.24, 2.45) is 0 Å². The van der Waals surface area contributed by atoms with Gasteiger partial charge < -0.3 is 14.8 Å². The summed E-state index contributed by atoms with van der Waals surface area (Å²) in [6.07, 6.45) is 1.76. The lowest BCUT2D eigenvalue weighted by molar-refractivity contribution is -0.118. The van der Waals surface area contributed by atoms with Gasteiger partial charge in [-0.2, -0.15) is 0 Å². The minimum Gasteiger partial charge on any atom is -0.490 e. The van der Waals surface area contributed by atoms with E-state index in [2.05, 4.69) is 5.32 Å². The Morgan fingerprint density at radius 1 is 1.05 bits per heavy atom. The highest BCUT2D eigenvalue weighted by molar-refractivity contribution is 8.27. The Balaban J connectivity index is 1.48. The maximum atomic E-state index is 13.1. The second-order valence-corrected chi connectivity index (χ2v) is 10.3. The van der Waals surface area contributed by atoms with Gasteiger partial charge in [0.15, 0.2) is 22.4 Å². The summed E-state index contributed by atoms with van der Waals surface area (Å²) in [6.45, 7) is 5.98. The summed E-state index contributed by atoms with van der Waals surface area (Å²) < 4.78 is 12.0. The molecule has 1 aliphatic heterocycles. The summed E-state index contributed by atoms with van der Waals surface area (Å²) in [5.41, 5.74) is 4.15. The van der Waals surface area contributed by atoms with Crippen LogP contribution in [0, 0.1) is 13.8 Å². The summed E-state index contributed by atoms with van der Waals surface area (Å²) in [4.78, 5) is 27.6. The van der Waals surface area contributed by atoms with E-state index in [4.69, 9.17) is 33.3 Å². The highest BCUT2D eigenvalue weighted by Gasteiger charge is 2.33. The van der Waals surface area contributed by atoms with Crippen LogP contribution in [0.15, 0.2) is 65.6 Å². The molecule has 0 spiro atoms. The summed E-state index contributed by atoms with van der Waals surface area (Å²) in [7, 11) is 0. The molecule has 0 radical (unpaired) electrons. The number of rotatable bonds is 8. The maximum absolute atomic E-state index is 13.1. The van der Waals surface area contributed by atoms with Crippen molar-refractivity contribution in [2.45, 2.75) is 20.8 Å². The molecular formula is C28H25ClN2O4S2. The Labute approximate surface area is 230 Å². The van der Waals surface area contributed by atoms with E-state index in [-0.39, 0.29) is 18.4 Å². The lowest BCUT2D eigenvalue weighted by Crippen LogP contribution is -2.27. The SMILES string of the molecule is CCOc1cc(/C=C2\SC(=S)N(c3ccc(Cl)cc3)C2=O)ccc1OCC(=O)Nc1c(C)cccc1C. The molecule has 0 atom stereocenters. The summed E-state index contributed by atoms with van der Waals surface area (Å²) in [5, 5.41) is 3.49. The van der Waals surface area contributed by atoms with Crippen LogP contribution in [0.5, 0.6) is 11.5 Å². The quantitative estimate of drug-likeness (QED) is 0.245. The number of para-hydroxylation sites is 1. The monoisotopic (exact) mass is 552 g/mol. The molecule has 3 aromatic carbocycles. The maximum Gasteiger partial charge on any atom is 0.270 e. The molecule has 1 heterocycles. The molecule has 9 heteroatoms. The molecule has 37 heavy (non-hydrogen) atoms. The van der Waals surface area contributed by atoms with Crippen molar-refractivity contribution >= 4 is 69.2 Å². The van der Waals surface area contributed by atoms with Gasteiger partial charge in [-0.1, -0.05) is 59.8 Å². The average Bonchev–Trinajstić information content (AvgIpc) is 3.14. The molecule has 1 fully saturated rings. The van der Waals surface area contributed by atoms with E-state index < -0.39 is 0 Å². The lowest BCUT2D eigenvalue weighted by Gasteiger charge is -2.15. The third kappa shape index (κ3) is 6.33.